The zero-order chi connectivity index (χ0) is 20.9. The molecule has 0 aromatic carbocycles. The number of ether oxygens (including phenoxy) is 1. The van der Waals surface area contributed by atoms with Crippen molar-refractivity contribution in [2.75, 3.05) is 12.3 Å². The molecule has 21 heteroatoms. The van der Waals surface area contributed by atoms with E-state index in [9.17, 15) is 34.3 Å². The van der Waals surface area contributed by atoms with Crippen molar-refractivity contribution in [2.24, 2.45) is 0 Å². The van der Waals surface area contributed by atoms with E-state index in [1.165, 1.54) is 0 Å². The monoisotopic (exact) mass is 525 g/mol. The fourth-order valence-electron chi connectivity index (χ4n) is 2.54. The molecule has 3 heterocycles. The fourth-order valence-corrected chi connectivity index (χ4v) is 4.95. The number of nitrogen functional groups attached to an aromatic ring is 1. The van der Waals surface area contributed by atoms with Crippen LogP contribution in [0.1, 0.15) is 6.23 Å². The number of imidazole rings is 1. The number of anilines is 1. The summed E-state index contributed by atoms with van der Waals surface area (Å²) in [7, 11) is -5.67. The zero-order valence-corrected chi connectivity index (χ0v) is 25.1. The van der Waals surface area contributed by atoms with Gasteiger partial charge in [-0.3, -0.25) is 14.3 Å². The third-order valence-electron chi connectivity index (χ3n) is 3.66. The molecule has 1 fully saturated rings. The molecule has 0 amide bonds. The van der Waals surface area contributed by atoms with Gasteiger partial charge in [-0.2, -0.15) is 4.98 Å². The van der Waals surface area contributed by atoms with Gasteiger partial charge in [-0.05, 0) is 0 Å². The summed E-state index contributed by atoms with van der Waals surface area (Å²) in [6.07, 6.45) is -4.73. The predicted molar refractivity (Wildman–Crippen MR) is 87.4 cm³/mol. The minimum atomic E-state index is -5.67. The van der Waals surface area contributed by atoms with Crippen LogP contribution in [0.2, 0.25) is 0 Å². The number of aromatic nitrogens is 4. The Labute approximate surface area is 245 Å². The van der Waals surface area contributed by atoms with E-state index < -0.39 is 51.2 Å². The number of rotatable bonds is 6. The summed E-state index contributed by atoms with van der Waals surface area (Å²) in [5.74, 6) is -0.226. The maximum absolute atomic E-state index is 11.8. The zero-order valence-electron chi connectivity index (χ0n) is 16.5. The quantitative estimate of drug-likeness (QED) is 0.202. The second-order valence-corrected chi connectivity index (χ2v) is 9.64. The van der Waals surface area contributed by atoms with Gasteiger partial charge in [-0.15, -0.1) is 0 Å². The maximum atomic E-state index is 11.8. The summed E-state index contributed by atoms with van der Waals surface area (Å²) < 4.78 is 25.2. The number of hydrogen-bond acceptors (Lipinski definition) is 14. The van der Waals surface area contributed by atoms with Crippen LogP contribution >= 0.6 is 14.5 Å². The first-order valence-electron chi connectivity index (χ1n) is 7.31. The number of aliphatic hydroxyl groups excluding tert-OH is 2. The van der Waals surface area contributed by atoms with Gasteiger partial charge in [-0.1, -0.05) is 11.8 Å². The first-order chi connectivity index (χ1) is 12.9. The van der Waals surface area contributed by atoms with E-state index >= 15 is 0 Å². The van der Waals surface area contributed by atoms with Crippen molar-refractivity contribution < 1.29 is 132 Å². The Morgan fingerprint density at radius 1 is 1.29 bits per heavy atom. The van der Waals surface area contributed by atoms with Crippen LogP contribution in [0.25, 0.3) is 11.2 Å². The molecule has 31 heavy (non-hydrogen) atoms. The average molecular weight is 525 g/mol. The molecule has 1 aliphatic heterocycles. The van der Waals surface area contributed by atoms with Crippen molar-refractivity contribution in [3.63, 3.8) is 0 Å². The molecule has 2 aromatic heterocycles. The second-order valence-electron chi connectivity index (χ2n) is 5.59. The molecule has 3 rings (SSSR count). The first kappa shape index (κ1) is 32.7. The van der Waals surface area contributed by atoms with Crippen LogP contribution in [0, 0.1) is 0 Å². The van der Waals surface area contributed by atoms with Crippen molar-refractivity contribution in [2.45, 2.75) is 24.5 Å². The summed E-state index contributed by atoms with van der Waals surface area (Å²) in [5, 5.41) is 20.3. The summed E-state index contributed by atoms with van der Waals surface area (Å²) in [6, 6.07) is 0. The van der Waals surface area contributed by atoms with Crippen molar-refractivity contribution >= 4 is 43.5 Å². The number of fused-ring (bicyclic) bond motifs is 1. The Balaban J connectivity index is 0.00000300. The topological polar surface area (TPSA) is 244 Å². The molecule has 0 saturated carbocycles. The van der Waals surface area contributed by atoms with E-state index in [0.29, 0.717) is 0 Å². The number of hydrogen-bond donors (Lipinski definition) is 4. The number of nitrogens with one attached hydrogen (secondary N) is 1. The van der Waals surface area contributed by atoms with Crippen LogP contribution in [0.15, 0.2) is 11.1 Å². The molecule has 156 valence electrons. The Morgan fingerprint density at radius 2 is 1.90 bits per heavy atom. The number of aromatic amines is 1. The van der Waals surface area contributed by atoms with Gasteiger partial charge < -0.3 is 48.8 Å². The fraction of sp³-hybridized carbons (Fsp3) is 0.500. The molecular formula is C10H12N5Na3O10P2S. The summed E-state index contributed by atoms with van der Waals surface area (Å²) >= 11 is 4.26. The van der Waals surface area contributed by atoms with Crippen molar-refractivity contribution in [1.82, 2.24) is 19.5 Å². The molecular weight excluding hydrogens is 513 g/mol. The third kappa shape index (κ3) is 8.12. The van der Waals surface area contributed by atoms with Crippen molar-refractivity contribution in [3.8, 4) is 0 Å². The van der Waals surface area contributed by atoms with E-state index in [1.807, 2.05) is 0 Å². The van der Waals surface area contributed by atoms with E-state index in [1.54, 1.807) is 0 Å². The Bertz CT molecular complexity index is 1050. The number of aliphatic hydroxyl groups is 2. The molecule has 1 saturated heterocycles. The van der Waals surface area contributed by atoms with Crippen LogP contribution in [-0.4, -0.2) is 54.7 Å². The van der Waals surface area contributed by atoms with Gasteiger partial charge >= 0.3 is 88.7 Å². The number of nitrogens with zero attached hydrogens (tertiary/aromatic N) is 3. The number of H-pyrrole nitrogens is 1. The van der Waals surface area contributed by atoms with Crippen LogP contribution < -0.4 is 115 Å². The molecule has 1 unspecified atom stereocenters. The minimum absolute atomic E-state index is 0. The van der Waals surface area contributed by atoms with Crippen LogP contribution in [0.5, 0.6) is 0 Å². The Kier molecular flexibility index (Phi) is 13.3. The van der Waals surface area contributed by atoms with E-state index in [0.717, 1.165) is 10.9 Å². The molecule has 1 aliphatic rings. The number of nitrogens with two attached hydrogens (primary N) is 1. The summed E-state index contributed by atoms with van der Waals surface area (Å²) in [4.78, 5) is 54.4. The Morgan fingerprint density at radius 3 is 2.48 bits per heavy atom. The first-order valence-corrected chi connectivity index (χ1v) is 11.3. The molecule has 0 bridgehead atoms. The van der Waals surface area contributed by atoms with E-state index in [-0.39, 0.29) is 106 Å². The van der Waals surface area contributed by atoms with Gasteiger partial charge in [0.25, 0.3) is 5.56 Å². The molecule has 5 atom stereocenters. The minimum Gasteiger partial charge on any atom is -0.790 e. The van der Waals surface area contributed by atoms with Gasteiger partial charge in [0.2, 0.25) is 5.95 Å². The molecule has 0 aliphatic carbocycles. The van der Waals surface area contributed by atoms with Gasteiger partial charge in [0, 0.05) is 0 Å². The predicted octanol–water partition coefficient (Wildman–Crippen LogP) is -13.2. The van der Waals surface area contributed by atoms with Crippen molar-refractivity contribution in [3.05, 3.63) is 16.7 Å². The van der Waals surface area contributed by atoms with Gasteiger partial charge in [-0.25, -0.2) is 4.98 Å². The molecule has 5 N–H and O–H groups in total. The summed E-state index contributed by atoms with van der Waals surface area (Å²) in [6.45, 7) is -5.50. The van der Waals surface area contributed by atoms with Gasteiger partial charge in [0.15, 0.2) is 17.4 Å². The van der Waals surface area contributed by atoms with Crippen LogP contribution in [0.3, 0.4) is 0 Å². The maximum Gasteiger partial charge on any atom is 1.00 e. The second kappa shape index (κ2) is 12.6. The third-order valence-corrected chi connectivity index (χ3v) is 6.64. The van der Waals surface area contributed by atoms with Gasteiger partial charge in [0.05, 0.1) is 20.8 Å². The normalized spacial score (nSPS) is 25.2. The molecule has 15 nitrogen and oxygen atoms in total. The van der Waals surface area contributed by atoms with Gasteiger partial charge in [0.1, 0.15) is 25.0 Å². The van der Waals surface area contributed by atoms with E-state index in [4.69, 9.17) is 10.5 Å². The SMILES string of the molecule is Nc1nc2c(ncn2[C@@H]2O[C@H](COP([O-])(=S)OP(=O)([O-])[O-])[C@@H](O)[C@H]2O)c(=O)[nH]1.[Na+].[Na+].[Na+]. The largest absolute Gasteiger partial charge is 1.00 e. The van der Waals surface area contributed by atoms with Crippen LogP contribution in [0.4, 0.5) is 5.95 Å². The Hall–Kier alpha value is 1.71. The molecule has 0 spiro atoms. The number of phosphoric acid groups is 1. The van der Waals surface area contributed by atoms with Crippen molar-refractivity contribution in [1.29, 1.82) is 0 Å². The van der Waals surface area contributed by atoms with Crippen LogP contribution in [-0.2, 0) is 29.9 Å². The summed E-state index contributed by atoms with van der Waals surface area (Å²) in [5.41, 5.74) is 4.68. The average Bonchev–Trinajstić information content (AvgIpc) is 3.06. The molecule has 0 radical (unpaired) electrons. The smallest absolute Gasteiger partial charge is 0.790 e. The molecule has 2 aromatic rings. The van der Waals surface area contributed by atoms with E-state index in [2.05, 4.69) is 35.6 Å². The standard InChI is InChI=1S/C10H15N5O10P2S.3Na/c11-10-13-7-4(8(18)14-10)12-2-15(7)9-6(17)5(16)3(24-9)1-23-27(22,28)25-26(19,20)21;;;/h2-3,5-6,9,16-17H,1H2,(H,22,28)(H2,19,20,21)(H3,11,13,14,18);;;/q;3*+1/p-3/t3-,5-,6-,9-,27?;;;/m1.../s1.